The Bertz CT molecular complexity index is 544. The van der Waals surface area contributed by atoms with Crippen molar-refractivity contribution in [3.63, 3.8) is 0 Å². The van der Waals surface area contributed by atoms with Crippen LogP contribution in [-0.4, -0.2) is 73.9 Å². The maximum Gasteiger partial charge on any atom is 0.339 e. The van der Waals surface area contributed by atoms with Crippen LogP contribution < -0.4 is 4.74 Å². The fourth-order valence-electron chi connectivity index (χ4n) is 2.06. The van der Waals surface area contributed by atoms with E-state index >= 15 is 0 Å². The van der Waals surface area contributed by atoms with Crippen molar-refractivity contribution in [2.24, 2.45) is 0 Å². The van der Waals surface area contributed by atoms with E-state index in [1.807, 2.05) is 0 Å². The lowest BCUT2D eigenvalue weighted by Crippen LogP contribution is -2.60. The molecule has 6 N–H and O–H groups in total. The predicted molar refractivity (Wildman–Crippen MR) is 69.5 cm³/mol. The monoisotopic (exact) mass is 316 g/mol. The molecule has 0 aromatic heterocycles. The number of phenols is 1. The van der Waals surface area contributed by atoms with Gasteiger partial charge in [-0.3, -0.25) is 0 Å². The number of ether oxygens (including phenoxy) is 2. The summed E-state index contributed by atoms with van der Waals surface area (Å²) in [6.07, 6.45) is -7.24. The van der Waals surface area contributed by atoms with Gasteiger partial charge in [-0.25, -0.2) is 4.79 Å². The highest BCUT2D eigenvalue weighted by Crippen LogP contribution is 2.28. The van der Waals surface area contributed by atoms with Crippen molar-refractivity contribution in [3.05, 3.63) is 23.8 Å². The van der Waals surface area contributed by atoms with E-state index < -0.39 is 49.0 Å². The van der Waals surface area contributed by atoms with Gasteiger partial charge in [0, 0.05) is 6.07 Å². The van der Waals surface area contributed by atoms with E-state index in [1.54, 1.807) is 0 Å². The largest absolute Gasteiger partial charge is 0.507 e. The summed E-state index contributed by atoms with van der Waals surface area (Å²) in [5.41, 5.74) is -0.332. The Morgan fingerprint density at radius 2 is 1.86 bits per heavy atom. The topological polar surface area (TPSA) is 157 Å². The molecule has 122 valence electrons. The summed E-state index contributed by atoms with van der Waals surface area (Å²) in [7, 11) is 0. The van der Waals surface area contributed by atoms with E-state index in [0.717, 1.165) is 12.1 Å². The zero-order valence-electron chi connectivity index (χ0n) is 11.2. The van der Waals surface area contributed by atoms with Gasteiger partial charge >= 0.3 is 5.97 Å². The molecule has 1 heterocycles. The highest BCUT2D eigenvalue weighted by molar-refractivity contribution is 5.90. The number of aliphatic hydroxyl groups excluding tert-OH is 4. The fraction of sp³-hybridized carbons (Fsp3) is 0.462. The fourth-order valence-corrected chi connectivity index (χ4v) is 2.06. The third kappa shape index (κ3) is 3.13. The van der Waals surface area contributed by atoms with Crippen LogP contribution >= 0.6 is 0 Å². The second-order valence-corrected chi connectivity index (χ2v) is 4.80. The van der Waals surface area contributed by atoms with Gasteiger partial charge in [-0.1, -0.05) is 0 Å². The quantitative estimate of drug-likeness (QED) is 0.380. The molecule has 1 fully saturated rings. The van der Waals surface area contributed by atoms with Gasteiger partial charge in [-0.05, 0) is 12.1 Å². The molecule has 0 aliphatic carbocycles. The summed E-state index contributed by atoms with van der Waals surface area (Å²) >= 11 is 0. The molecule has 1 aliphatic rings. The molecule has 9 heteroatoms. The minimum atomic E-state index is -1.60. The first-order chi connectivity index (χ1) is 10.3. The summed E-state index contributed by atoms with van der Waals surface area (Å²) in [4.78, 5) is 10.8. The van der Waals surface area contributed by atoms with Crippen LogP contribution in [0.5, 0.6) is 11.5 Å². The Kier molecular flexibility index (Phi) is 4.84. The number of carboxylic acid groups (broad SMARTS) is 1. The lowest BCUT2D eigenvalue weighted by atomic mass is 9.99. The molecule has 0 unspecified atom stereocenters. The number of hydrogen-bond acceptors (Lipinski definition) is 8. The van der Waals surface area contributed by atoms with Crippen molar-refractivity contribution in [1.29, 1.82) is 0 Å². The van der Waals surface area contributed by atoms with E-state index in [4.69, 9.17) is 19.7 Å². The number of benzene rings is 1. The predicted octanol–water partition coefficient (Wildman–Crippen LogP) is -1.73. The van der Waals surface area contributed by atoms with Gasteiger partial charge < -0.3 is 40.1 Å². The van der Waals surface area contributed by atoms with Crippen LogP contribution in [0.15, 0.2) is 18.2 Å². The molecule has 0 bridgehead atoms. The Hall–Kier alpha value is -1.91. The third-order valence-corrected chi connectivity index (χ3v) is 3.30. The van der Waals surface area contributed by atoms with Gasteiger partial charge in [0.2, 0.25) is 6.29 Å². The Balaban J connectivity index is 2.15. The molecular weight excluding hydrogens is 300 g/mol. The van der Waals surface area contributed by atoms with Crippen LogP contribution in [0.25, 0.3) is 0 Å². The van der Waals surface area contributed by atoms with Crippen LogP contribution in [-0.2, 0) is 4.74 Å². The maximum absolute atomic E-state index is 10.8. The Labute approximate surface area is 124 Å². The van der Waals surface area contributed by atoms with Crippen LogP contribution in [0.3, 0.4) is 0 Å². The minimum Gasteiger partial charge on any atom is -0.507 e. The average molecular weight is 316 g/mol. The van der Waals surface area contributed by atoms with E-state index in [1.165, 1.54) is 6.07 Å². The standard InChI is InChI=1S/C13H16O9/c14-4-8-9(16)10(17)11(18)13(22-8)21-5-1-2-6(12(19)20)7(15)3-5/h1-3,8-11,13-18H,4H2,(H,19,20)/t8-,9-,10+,11-,13-/m1/s1. The molecule has 1 saturated heterocycles. The highest BCUT2D eigenvalue weighted by Gasteiger charge is 2.44. The summed E-state index contributed by atoms with van der Waals surface area (Å²) in [6, 6.07) is 3.33. The van der Waals surface area contributed by atoms with Gasteiger partial charge in [-0.2, -0.15) is 0 Å². The number of carbonyl (C=O) groups is 1. The van der Waals surface area contributed by atoms with E-state index in [9.17, 15) is 25.2 Å². The first-order valence-corrected chi connectivity index (χ1v) is 6.38. The number of rotatable bonds is 4. The van der Waals surface area contributed by atoms with E-state index in [-0.39, 0.29) is 11.3 Å². The van der Waals surface area contributed by atoms with Crippen molar-refractivity contribution in [1.82, 2.24) is 0 Å². The third-order valence-electron chi connectivity index (χ3n) is 3.30. The number of aromatic carboxylic acids is 1. The zero-order valence-corrected chi connectivity index (χ0v) is 11.2. The van der Waals surface area contributed by atoms with Gasteiger partial charge in [-0.15, -0.1) is 0 Å². The zero-order chi connectivity index (χ0) is 16.4. The molecule has 0 amide bonds. The Morgan fingerprint density at radius 1 is 1.18 bits per heavy atom. The minimum absolute atomic E-state index is 0.0215. The first-order valence-electron chi connectivity index (χ1n) is 6.38. The molecule has 22 heavy (non-hydrogen) atoms. The van der Waals surface area contributed by atoms with Crippen molar-refractivity contribution < 1.29 is 44.9 Å². The van der Waals surface area contributed by atoms with Gasteiger partial charge in [0.05, 0.1) is 6.61 Å². The second kappa shape index (κ2) is 6.46. The normalized spacial score (nSPS) is 31.7. The molecule has 9 nitrogen and oxygen atoms in total. The van der Waals surface area contributed by atoms with Crippen molar-refractivity contribution in [2.45, 2.75) is 30.7 Å². The smallest absolute Gasteiger partial charge is 0.339 e. The van der Waals surface area contributed by atoms with Crippen molar-refractivity contribution in [2.75, 3.05) is 6.61 Å². The van der Waals surface area contributed by atoms with Crippen LogP contribution in [0, 0.1) is 0 Å². The summed E-state index contributed by atoms with van der Waals surface area (Å²) in [5, 5.41) is 56.4. The molecule has 0 spiro atoms. The SMILES string of the molecule is O=C(O)c1ccc(O[C@@H]2O[C@H](CO)[C@@H](O)[C@H](O)[C@H]2O)cc1O. The molecule has 5 atom stereocenters. The number of carboxylic acids is 1. The van der Waals surface area contributed by atoms with E-state index in [0.29, 0.717) is 0 Å². The molecule has 1 aliphatic heterocycles. The summed E-state index contributed by atoms with van der Waals surface area (Å²) in [5.74, 6) is -1.89. The molecular formula is C13H16O9. The average Bonchev–Trinajstić information content (AvgIpc) is 2.47. The number of aromatic hydroxyl groups is 1. The molecule has 0 radical (unpaired) electrons. The maximum atomic E-state index is 10.8. The molecule has 2 rings (SSSR count). The number of aliphatic hydroxyl groups is 4. The number of hydrogen-bond donors (Lipinski definition) is 6. The van der Waals surface area contributed by atoms with Crippen LogP contribution in [0.1, 0.15) is 10.4 Å². The molecule has 1 aromatic carbocycles. The lowest BCUT2D eigenvalue weighted by molar-refractivity contribution is -0.277. The van der Waals surface area contributed by atoms with Gasteiger partial charge in [0.15, 0.2) is 0 Å². The highest BCUT2D eigenvalue weighted by atomic mass is 16.7. The summed E-state index contributed by atoms with van der Waals surface area (Å²) in [6.45, 7) is -0.603. The summed E-state index contributed by atoms with van der Waals surface area (Å²) < 4.78 is 10.3. The second-order valence-electron chi connectivity index (χ2n) is 4.80. The van der Waals surface area contributed by atoms with E-state index in [2.05, 4.69) is 0 Å². The van der Waals surface area contributed by atoms with Crippen molar-refractivity contribution >= 4 is 5.97 Å². The van der Waals surface area contributed by atoms with Gasteiger partial charge in [0.25, 0.3) is 0 Å². The first kappa shape index (κ1) is 16.5. The Morgan fingerprint density at radius 3 is 2.41 bits per heavy atom. The van der Waals surface area contributed by atoms with Gasteiger partial charge in [0.1, 0.15) is 41.5 Å². The van der Waals surface area contributed by atoms with Crippen molar-refractivity contribution in [3.8, 4) is 11.5 Å². The molecule has 0 saturated carbocycles. The lowest BCUT2D eigenvalue weighted by Gasteiger charge is -2.39. The van der Waals surface area contributed by atoms with Crippen LogP contribution in [0.4, 0.5) is 0 Å². The van der Waals surface area contributed by atoms with Crippen LogP contribution in [0.2, 0.25) is 0 Å². The molecule has 1 aromatic rings.